The molecule has 0 amide bonds. The van der Waals surface area contributed by atoms with Gasteiger partial charge in [0.15, 0.2) is 0 Å². The van der Waals surface area contributed by atoms with Crippen molar-refractivity contribution < 1.29 is 9.90 Å². The number of carboxylic acids is 1. The van der Waals surface area contributed by atoms with Gasteiger partial charge >= 0.3 is 5.97 Å². The highest BCUT2D eigenvalue weighted by atomic mass is 16.4. The summed E-state index contributed by atoms with van der Waals surface area (Å²) >= 11 is 0. The largest absolute Gasteiger partial charge is 0.480 e. The van der Waals surface area contributed by atoms with Gasteiger partial charge < -0.3 is 5.11 Å². The molecule has 0 saturated carbocycles. The van der Waals surface area contributed by atoms with Crippen molar-refractivity contribution in [3.63, 3.8) is 0 Å². The number of terminal acetylenes is 1. The Morgan fingerprint density at radius 3 is 2.55 bits per heavy atom. The molecule has 0 spiro atoms. The predicted molar refractivity (Wildman–Crippen MR) is 43.2 cm³/mol. The molecule has 1 N–H and O–H groups in total. The fraction of sp³-hybridized carbons (Fsp3) is 0.625. The van der Waals surface area contributed by atoms with Crippen LogP contribution in [0.15, 0.2) is 0 Å². The molecule has 11 heavy (non-hydrogen) atoms. The lowest BCUT2D eigenvalue weighted by Gasteiger charge is -2.21. The third-order valence-electron chi connectivity index (χ3n) is 1.36. The summed E-state index contributed by atoms with van der Waals surface area (Å²) in [6, 6.07) is 0.183. The van der Waals surface area contributed by atoms with E-state index in [0.29, 0.717) is 6.54 Å². The predicted octanol–water partition coefficient (Wildman–Crippen LogP) is 0.415. The maximum Gasteiger partial charge on any atom is 0.317 e. The van der Waals surface area contributed by atoms with Crippen molar-refractivity contribution in [1.82, 2.24) is 4.90 Å². The average molecular weight is 155 g/mol. The Balaban J connectivity index is 3.91. The topological polar surface area (TPSA) is 40.5 Å². The molecule has 0 aliphatic heterocycles. The molecule has 0 radical (unpaired) electrons. The lowest BCUT2D eigenvalue weighted by atomic mass is 10.3. The van der Waals surface area contributed by atoms with Gasteiger partial charge in [0, 0.05) is 6.04 Å². The minimum absolute atomic E-state index is 0.0157. The van der Waals surface area contributed by atoms with E-state index in [1.165, 1.54) is 0 Å². The normalized spacial score (nSPS) is 10.1. The molecular weight excluding hydrogens is 142 g/mol. The highest BCUT2D eigenvalue weighted by Gasteiger charge is 2.10. The van der Waals surface area contributed by atoms with Gasteiger partial charge in [-0.15, -0.1) is 6.42 Å². The van der Waals surface area contributed by atoms with Crippen molar-refractivity contribution in [2.75, 3.05) is 13.1 Å². The molecule has 0 atom stereocenters. The molecule has 0 rings (SSSR count). The Labute approximate surface area is 67.0 Å². The number of hydrogen-bond acceptors (Lipinski definition) is 2. The zero-order valence-electron chi connectivity index (χ0n) is 6.87. The first-order valence-electron chi connectivity index (χ1n) is 3.47. The van der Waals surface area contributed by atoms with Gasteiger partial charge in [-0.2, -0.15) is 0 Å². The fourth-order valence-electron chi connectivity index (χ4n) is 0.712. The minimum Gasteiger partial charge on any atom is -0.480 e. The molecule has 0 aromatic rings. The molecule has 0 bridgehead atoms. The van der Waals surface area contributed by atoms with Crippen molar-refractivity contribution in [2.24, 2.45) is 0 Å². The fourth-order valence-corrected chi connectivity index (χ4v) is 0.712. The first-order valence-corrected chi connectivity index (χ1v) is 3.47. The molecule has 0 saturated heterocycles. The van der Waals surface area contributed by atoms with Crippen molar-refractivity contribution in [3.05, 3.63) is 0 Å². The monoisotopic (exact) mass is 155 g/mol. The maximum atomic E-state index is 10.3. The number of carbonyl (C=O) groups is 1. The number of aliphatic carboxylic acids is 1. The number of hydrogen-bond donors (Lipinski definition) is 1. The molecule has 0 aliphatic carbocycles. The molecule has 0 unspecified atom stereocenters. The molecule has 0 aliphatic rings. The maximum absolute atomic E-state index is 10.3. The van der Waals surface area contributed by atoms with Gasteiger partial charge in [-0.1, -0.05) is 5.92 Å². The second kappa shape index (κ2) is 4.75. The lowest BCUT2D eigenvalue weighted by Crippen LogP contribution is -2.35. The van der Waals surface area contributed by atoms with E-state index in [0.717, 1.165) is 0 Å². The van der Waals surface area contributed by atoms with Gasteiger partial charge in [0.25, 0.3) is 0 Å². The van der Waals surface area contributed by atoms with Gasteiger partial charge in [-0.05, 0) is 13.8 Å². The molecular formula is C8H13NO2. The van der Waals surface area contributed by atoms with Gasteiger partial charge in [0.05, 0.1) is 13.1 Å². The molecule has 0 heterocycles. The smallest absolute Gasteiger partial charge is 0.317 e. The van der Waals surface area contributed by atoms with Crippen LogP contribution >= 0.6 is 0 Å². The molecule has 0 aromatic carbocycles. The standard InChI is InChI=1S/C8H13NO2/c1-4-5-9(7(2)3)6-8(10)11/h1,7H,5-6H2,2-3H3,(H,10,11). The zero-order valence-corrected chi connectivity index (χ0v) is 6.87. The van der Waals surface area contributed by atoms with Crippen LogP contribution < -0.4 is 0 Å². The van der Waals surface area contributed by atoms with E-state index in [1.54, 1.807) is 4.90 Å². The lowest BCUT2D eigenvalue weighted by molar-refractivity contribution is -0.138. The van der Waals surface area contributed by atoms with Gasteiger partial charge in [-0.25, -0.2) is 0 Å². The zero-order chi connectivity index (χ0) is 8.85. The number of carboxylic acid groups (broad SMARTS) is 1. The van der Waals surface area contributed by atoms with Crippen LogP contribution in [0, 0.1) is 12.3 Å². The van der Waals surface area contributed by atoms with E-state index in [2.05, 4.69) is 5.92 Å². The van der Waals surface area contributed by atoms with Crippen molar-refractivity contribution in [2.45, 2.75) is 19.9 Å². The van der Waals surface area contributed by atoms with Crippen molar-refractivity contribution >= 4 is 5.97 Å². The van der Waals surface area contributed by atoms with Gasteiger partial charge in [-0.3, -0.25) is 9.69 Å². The summed E-state index contributed by atoms with van der Waals surface area (Å²) < 4.78 is 0. The minimum atomic E-state index is -0.839. The van der Waals surface area contributed by atoms with Crippen LogP contribution in [0.4, 0.5) is 0 Å². The van der Waals surface area contributed by atoms with Crippen LogP contribution in [0.25, 0.3) is 0 Å². The number of rotatable bonds is 4. The van der Waals surface area contributed by atoms with E-state index < -0.39 is 5.97 Å². The Bertz CT molecular complexity index is 169. The van der Waals surface area contributed by atoms with Crippen molar-refractivity contribution in [3.8, 4) is 12.3 Å². The SMILES string of the molecule is C#CCN(CC(=O)O)C(C)C. The van der Waals surface area contributed by atoms with E-state index in [4.69, 9.17) is 11.5 Å². The summed E-state index contributed by atoms with van der Waals surface area (Å²) in [6.45, 7) is 4.24. The van der Waals surface area contributed by atoms with E-state index >= 15 is 0 Å². The third-order valence-corrected chi connectivity index (χ3v) is 1.36. The van der Waals surface area contributed by atoms with Gasteiger partial charge in [0.2, 0.25) is 0 Å². The first kappa shape index (κ1) is 9.99. The quantitative estimate of drug-likeness (QED) is 0.598. The Morgan fingerprint density at radius 2 is 2.27 bits per heavy atom. The second-order valence-corrected chi connectivity index (χ2v) is 2.60. The summed E-state index contributed by atoms with van der Waals surface area (Å²) in [5.74, 6) is 1.58. The van der Waals surface area contributed by atoms with Crippen LogP contribution in [0.5, 0.6) is 0 Å². The van der Waals surface area contributed by atoms with Crippen molar-refractivity contribution in [1.29, 1.82) is 0 Å². The molecule has 3 nitrogen and oxygen atoms in total. The molecule has 0 aromatic heterocycles. The molecule has 62 valence electrons. The Hall–Kier alpha value is -1.01. The highest BCUT2D eigenvalue weighted by molar-refractivity contribution is 5.69. The van der Waals surface area contributed by atoms with Crippen LogP contribution in [-0.2, 0) is 4.79 Å². The van der Waals surface area contributed by atoms with E-state index in [9.17, 15) is 4.79 Å². The molecule has 0 fully saturated rings. The van der Waals surface area contributed by atoms with E-state index in [-0.39, 0.29) is 12.6 Å². The Morgan fingerprint density at radius 1 is 1.73 bits per heavy atom. The summed E-state index contributed by atoms with van der Waals surface area (Å²) in [6.07, 6.45) is 5.06. The second-order valence-electron chi connectivity index (χ2n) is 2.60. The summed E-state index contributed by atoms with van der Waals surface area (Å²) in [5, 5.41) is 8.45. The highest BCUT2D eigenvalue weighted by Crippen LogP contribution is 1.95. The average Bonchev–Trinajstić information content (AvgIpc) is 1.86. The molecule has 3 heteroatoms. The van der Waals surface area contributed by atoms with E-state index in [1.807, 2.05) is 13.8 Å². The van der Waals surface area contributed by atoms with Gasteiger partial charge in [0.1, 0.15) is 0 Å². The third kappa shape index (κ3) is 4.40. The van der Waals surface area contributed by atoms with Crippen LogP contribution in [0.1, 0.15) is 13.8 Å². The van der Waals surface area contributed by atoms with Crippen LogP contribution in [-0.4, -0.2) is 35.1 Å². The summed E-state index contributed by atoms with van der Waals surface area (Å²) in [7, 11) is 0. The summed E-state index contributed by atoms with van der Waals surface area (Å²) in [5.41, 5.74) is 0. The Kier molecular flexibility index (Phi) is 4.32. The number of nitrogens with zero attached hydrogens (tertiary/aromatic N) is 1. The summed E-state index contributed by atoms with van der Waals surface area (Å²) in [4.78, 5) is 12.0. The van der Waals surface area contributed by atoms with Crippen LogP contribution in [0.3, 0.4) is 0 Å². The van der Waals surface area contributed by atoms with Crippen LogP contribution in [0.2, 0.25) is 0 Å². The first-order chi connectivity index (χ1) is 5.07.